The molecule has 0 aliphatic carbocycles. The van der Waals surface area contributed by atoms with Gasteiger partial charge in [-0.25, -0.2) is 9.48 Å². The monoisotopic (exact) mass is 427 g/mol. The maximum atomic E-state index is 12.1. The number of nitrogens with zero attached hydrogens (tertiary/aromatic N) is 2. The van der Waals surface area contributed by atoms with Gasteiger partial charge < -0.3 is 9.84 Å². The fourth-order valence-corrected chi connectivity index (χ4v) is 5.01. The molecule has 164 valence electrons. The van der Waals surface area contributed by atoms with Crippen molar-refractivity contribution >= 4 is 11.5 Å². The first-order valence-corrected chi connectivity index (χ1v) is 11.7. The largest absolute Gasteiger partial charge is 0.494 e. The highest BCUT2D eigenvalue weighted by Gasteiger charge is 2.51. The van der Waals surface area contributed by atoms with Gasteiger partial charge >= 0.3 is 0 Å². The molecule has 5 rings (SSSR count). The summed E-state index contributed by atoms with van der Waals surface area (Å²) in [6.45, 7) is 4.06. The van der Waals surface area contributed by atoms with E-state index in [0.29, 0.717) is 13.2 Å². The topological polar surface area (TPSA) is 35.7 Å². The molecular weight excluding hydrogens is 396 g/mol. The quantitative estimate of drug-likeness (QED) is 0.554. The average Bonchev–Trinajstić information content (AvgIpc) is 2.98. The summed E-state index contributed by atoms with van der Waals surface area (Å²) in [6, 6.07) is 27.1. The molecule has 0 aromatic heterocycles. The summed E-state index contributed by atoms with van der Waals surface area (Å²) in [5.74, 6) is 2.10. The maximum Gasteiger partial charge on any atom is 0.271 e. The van der Waals surface area contributed by atoms with Crippen LogP contribution in [0.5, 0.6) is 5.75 Å². The second kappa shape index (κ2) is 8.79. The van der Waals surface area contributed by atoms with Crippen LogP contribution in [0.4, 0.5) is 5.69 Å². The van der Waals surface area contributed by atoms with Crippen LogP contribution in [-0.2, 0) is 5.72 Å². The lowest BCUT2D eigenvalue weighted by Crippen LogP contribution is -2.41. The molecule has 32 heavy (non-hydrogen) atoms. The highest BCUT2D eigenvalue weighted by molar-refractivity contribution is 5.96. The molecule has 2 aliphatic rings. The molecule has 4 heteroatoms. The SMILES string of the molecule is CCOc1ccc(N2CC(O)(c3ccc(-c4ccccc4)cc3)[N+]3=C2CCCCC3)cc1. The van der Waals surface area contributed by atoms with Crippen LogP contribution in [-0.4, -0.2) is 35.2 Å². The second-order valence-corrected chi connectivity index (χ2v) is 8.65. The average molecular weight is 428 g/mol. The zero-order valence-corrected chi connectivity index (χ0v) is 18.7. The van der Waals surface area contributed by atoms with E-state index < -0.39 is 5.72 Å². The normalized spacial score (nSPS) is 20.8. The van der Waals surface area contributed by atoms with Crippen LogP contribution in [0.2, 0.25) is 0 Å². The minimum atomic E-state index is -1.03. The number of β-amino-alcohol motifs (C(OH)–C–C–N with tert-alkyl or cyclic N) is 1. The predicted octanol–water partition coefficient (Wildman–Crippen LogP) is 5.40. The Labute approximate surface area is 190 Å². The van der Waals surface area contributed by atoms with Crippen LogP contribution in [0, 0.1) is 0 Å². The fourth-order valence-electron chi connectivity index (χ4n) is 5.01. The smallest absolute Gasteiger partial charge is 0.271 e. The highest BCUT2D eigenvalue weighted by atomic mass is 16.5. The van der Waals surface area contributed by atoms with Gasteiger partial charge in [0, 0.05) is 12.0 Å². The van der Waals surface area contributed by atoms with Gasteiger partial charge in [-0.2, -0.15) is 0 Å². The Kier molecular flexibility index (Phi) is 5.71. The van der Waals surface area contributed by atoms with E-state index >= 15 is 0 Å². The summed E-state index contributed by atoms with van der Waals surface area (Å²) in [5.41, 5.74) is 3.38. The molecule has 1 atom stereocenters. The number of hydrogen-bond acceptors (Lipinski definition) is 3. The number of ether oxygens (including phenoxy) is 1. The number of hydrogen-bond donors (Lipinski definition) is 1. The van der Waals surface area contributed by atoms with Crippen molar-refractivity contribution in [1.82, 2.24) is 0 Å². The zero-order chi connectivity index (χ0) is 22.0. The van der Waals surface area contributed by atoms with Gasteiger partial charge in [0.15, 0.2) is 6.54 Å². The lowest BCUT2D eigenvalue weighted by molar-refractivity contribution is -0.658. The Morgan fingerprint density at radius 3 is 2.31 bits per heavy atom. The summed E-state index contributed by atoms with van der Waals surface area (Å²) in [5, 5.41) is 12.1. The minimum Gasteiger partial charge on any atom is -0.494 e. The van der Waals surface area contributed by atoms with E-state index in [9.17, 15) is 5.11 Å². The minimum absolute atomic E-state index is 0.529. The van der Waals surface area contributed by atoms with Gasteiger partial charge in [-0.15, -0.1) is 0 Å². The van der Waals surface area contributed by atoms with Crippen LogP contribution in [0.25, 0.3) is 11.1 Å². The highest BCUT2D eigenvalue weighted by Crippen LogP contribution is 2.36. The summed E-state index contributed by atoms with van der Waals surface area (Å²) in [7, 11) is 0. The molecule has 0 bridgehead atoms. The maximum absolute atomic E-state index is 12.1. The van der Waals surface area contributed by atoms with Gasteiger partial charge in [0.1, 0.15) is 11.4 Å². The zero-order valence-electron chi connectivity index (χ0n) is 18.7. The van der Waals surface area contributed by atoms with Crippen molar-refractivity contribution in [2.24, 2.45) is 0 Å². The third kappa shape index (κ3) is 3.80. The molecule has 1 unspecified atom stereocenters. The molecule has 3 aromatic rings. The number of amidine groups is 1. The predicted molar refractivity (Wildman–Crippen MR) is 129 cm³/mol. The molecule has 4 nitrogen and oxygen atoms in total. The van der Waals surface area contributed by atoms with Crippen LogP contribution < -0.4 is 9.64 Å². The Bertz CT molecular complexity index is 1090. The molecule has 1 N–H and O–H groups in total. The molecule has 3 aromatic carbocycles. The number of aliphatic hydroxyl groups is 1. The van der Waals surface area contributed by atoms with Crippen molar-refractivity contribution < 1.29 is 14.4 Å². The van der Waals surface area contributed by atoms with Crippen molar-refractivity contribution in [2.75, 3.05) is 24.6 Å². The molecule has 2 aliphatic heterocycles. The van der Waals surface area contributed by atoms with Crippen LogP contribution >= 0.6 is 0 Å². The number of rotatable bonds is 5. The van der Waals surface area contributed by atoms with Crippen LogP contribution in [0.3, 0.4) is 0 Å². The van der Waals surface area contributed by atoms with Gasteiger partial charge in [-0.05, 0) is 61.6 Å². The third-order valence-corrected chi connectivity index (χ3v) is 6.64. The van der Waals surface area contributed by atoms with Crippen molar-refractivity contribution in [3.63, 3.8) is 0 Å². The lowest BCUT2D eigenvalue weighted by atomic mass is 9.98. The Morgan fingerprint density at radius 1 is 0.875 bits per heavy atom. The van der Waals surface area contributed by atoms with E-state index in [1.807, 2.05) is 25.1 Å². The molecule has 0 radical (unpaired) electrons. The Hall–Kier alpha value is -3.11. The summed E-state index contributed by atoms with van der Waals surface area (Å²) in [4.78, 5) is 2.30. The number of anilines is 1. The summed E-state index contributed by atoms with van der Waals surface area (Å²) >= 11 is 0. The van der Waals surface area contributed by atoms with Crippen molar-refractivity contribution in [1.29, 1.82) is 0 Å². The lowest BCUT2D eigenvalue weighted by Gasteiger charge is -2.24. The number of benzene rings is 3. The van der Waals surface area contributed by atoms with Gasteiger partial charge in [-0.3, -0.25) is 0 Å². The Morgan fingerprint density at radius 2 is 1.59 bits per heavy atom. The fraction of sp³-hybridized carbons (Fsp3) is 0.321. The molecule has 0 amide bonds. The van der Waals surface area contributed by atoms with E-state index in [1.54, 1.807) is 0 Å². The third-order valence-electron chi connectivity index (χ3n) is 6.64. The van der Waals surface area contributed by atoms with E-state index in [2.05, 4.69) is 70.1 Å². The van der Waals surface area contributed by atoms with E-state index in [1.165, 1.54) is 23.4 Å². The first-order valence-electron chi connectivity index (χ1n) is 11.7. The van der Waals surface area contributed by atoms with Crippen molar-refractivity contribution in [2.45, 2.75) is 38.3 Å². The van der Waals surface area contributed by atoms with Gasteiger partial charge in [0.25, 0.3) is 11.6 Å². The summed E-state index contributed by atoms with van der Waals surface area (Å²) < 4.78 is 7.87. The van der Waals surface area contributed by atoms with Crippen LogP contribution in [0.15, 0.2) is 78.9 Å². The van der Waals surface area contributed by atoms with E-state index in [4.69, 9.17) is 4.74 Å². The molecule has 0 fully saturated rings. The van der Waals surface area contributed by atoms with Crippen LogP contribution in [0.1, 0.15) is 38.2 Å². The van der Waals surface area contributed by atoms with E-state index in [-0.39, 0.29) is 0 Å². The van der Waals surface area contributed by atoms with Crippen molar-refractivity contribution in [3.8, 4) is 16.9 Å². The molecule has 2 heterocycles. The van der Waals surface area contributed by atoms with Gasteiger partial charge in [-0.1, -0.05) is 54.6 Å². The summed E-state index contributed by atoms with van der Waals surface area (Å²) in [6.07, 6.45) is 4.44. The second-order valence-electron chi connectivity index (χ2n) is 8.65. The first-order chi connectivity index (χ1) is 15.7. The molecule has 0 saturated heterocycles. The van der Waals surface area contributed by atoms with Gasteiger partial charge in [0.05, 0.1) is 13.2 Å². The van der Waals surface area contributed by atoms with E-state index in [0.717, 1.165) is 42.8 Å². The van der Waals surface area contributed by atoms with Gasteiger partial charge in [0.2, 0.25) is 0 Å². The molecule has 0 saturated carbocycles. The molecule has 0 spiro atoms. The van der Waals surface area contributed by atoms with Crippen molar-refractivity contribution in [3.05, 3.63) is 84.4 Å². The first kappa shape index (κ1) is 20.8. The Balaban J connectivity index is 1.49. The standard InChI is InChI=1S/C28H31N2O2/c1-2-32-26-18-16-25(17-19-26)29-21-28(31,30-20-8-4-7-11-27(29)30)24-14-12-23(13-15-24)22-9-5-3-6-10-22/h3,5-6,9-10,12-19,31H,2,4,7-8,11,20-21H2,1H3/q+1. The molecular formula is C28H31N2O2+.